The molecule has 0 aromatic rings. The SMILES string of the molecule is CCCCCCNC(=S)OCCCCCC. The van der Waals surface area contributed by atoms with E-state index in [0.29, 0.717) is 5.17 Å². The van der Waals surface area contributed by atoms with Gasteiger partial charge < -0.3 is 10.1 Å². The van der Waals surface area contributed by atoms with Gasteiger partial charge in [0.05, 0.1) is 6.61 Å². The van der Waals surface area contributed by atoms with E-state index >= 15 is 0 Å². The third-order valence-electron chi connectivity index (χ3n) is 2.53. The van der Waals surface area contributed by atoms with E-state index in [-0.39, 0.29) is 0 Å². The minimum absolute atomic E-state index is 0.577. The monoisotopic (exact) mass is 245 g/mol. The normalized spacial score (nSPS) is 10.1. The highest BCUT2D eigenvalue weighted by atomic mass is 32.1. The zero-order valence-electron chi connectivity index (χ0n) is 10.9. The lowest BCUT2D eigenvalue weighted by Gasteiger charge is -2.09. The van der Waals surface area contributed by atoms with Gasteiger partial charge in [-0.1, -0.05) is 52.4 Å². The predicted molar refractivity (Wildman–Crippen MR) is 74.8 cm³/mol. The Morgan fingerprint density at radius 1 is 0.938 bits per heavy atom. The summed E-state index contributed by atoms with van der Waals surface area (Å²) in [6.45, 7) is 6.15. The Balaban J connectivity index is 3.12. The summed E-state index contributed by atoms with van der Waals surface area (Å²) in [5, 5.41) is 3.72. The molecule has 1 N–H and O–H groups in total. The van der Waals surface area contributed by atoms with Gasteiger partial charge in [-0.3, -0.25) is 0 Å². The van der Waals surface area contributed by atoms with E-state index in [2.05, 4.69) is 19.2 Å². The van der Waals surface area contributed by atoms with Gasteiger partial charge in [0.2, 0.25) is 0 Å². The average molecular weight is 245 g/mol. The maximum atomic E-state index is 5.42. The Kier molecular flexibility index (Phi) is 12.5. The molecule has 0 fully saturated rings. The molecule has 0 spiro atoms. The molecule has 0 atom stereocenters. The smallest absolute Gasteiger partial charge is 0.256 e. The number of nitrogens with one attached hydrogen (secondary N) is 1. The van der Waals surface area contributed by atoms with Crippen molar-refractivity contribution in [3.05, 3.63) is 0 Å². The minimum Gasteiger partial charge on any atom is -0.471 e. The molecule has 0 aromatic carbocycles. The molecule has 0 aliphatic heterocycles. The van der Waals surface area contributed by atoms with E-state index in [1.807, 2.05) is 0 Å². The lowest BCUT2D eigenvalue weighted by atomic mass is 10.2. The minimum atomic E-state index is 0.577. The molecule has 16 heavy (non-hydrogen) atoms. The first kappa shape index (κ1) is 15.7. The fourth-order valence-electron chi connectivity index (χ4n) is 1.49. The molecule has 0 saturated carbocycles. The van der Waals surface area contributed by atoms with Gasteiger partial charge in [-0.15, -0.1) is 0 Å². The summed E-state index contributed by atoms with van der Waals surface area (Å²) >= 11 is 5.08. The molecule has 3 heteroatoms. The van der Waals surface area contributed by atoms with Crippen molar-refractivity contribution in [1.29, 1.82) is 0 Å². The van der Waals surface area contributed by atoms with Gasteiger partial charge in [-0.05, 0) is 25.1 Å². The predicted octanol–water partition coefficient (Wildman–Crippen LogP) is 4.04. The Bertz CT molecular complexity index is 146. The molecule has 0 aromatic heterocycles. The molecular weight excluding hydrogens is 218 g/mol. The molecular formula is C13H27NOS. The average Bonchev–Trinajstić information content (AvgIpc) is 2.28. The molecule has 0 unspecified atom stereocenters. The number of ether oxygens (including phenoxy) is 1. The van der Waals surface area contributed by atoms with Crippen LogP contribution in [0.25, 0.3) is 0 Å². The van der Waals surface area contributed by atoms with Crippen molar-refractivity contribution in [3.8, 4) is 0 Å². The maximum Gasteiger partial charge on any atom is 0.256 e. The van der Waals surface area contributed by atoms with Gasteiger partial charge in [0.1, 0.15) is 0 Å². The van der Waals surface area contributed by atoms with Gasteiger partial charge >= 0.3 is 0 Å². The maximum absolute atomic E-state index is 5.42. The summed E-state index contributed by atoms with van der Waals surface area (Å²) in [7, 11) is 0. The Labute approximate surface area is 106 Å². The number of thiocarbonyl (C=S) groups is 1. The van der Waals surface area contributed by atoms with Crippen molar-refractivity contribution < 1.29 is 4.74 Å². The molecule has 0 bridgehead atoms. The first-order valence-electron chi connectivity index (χ1n) is 6.71. The molecule has 0 aliphatic rings. The van der Waals surface area contributed by atoms with Gasteiger partial charge in [-0.2, -0.15) is 0 Å². The van der Waals surface area contributed by atoms with Gasteiger partial charge in [0, 0.05) is 6.54 Å². The van der Waals surface area contributed by atoms with Crippen LogP contribution in [0.2, 0.25) is 0 Å². The van der Waals surface area contributed by atoms with E-state index in [1.165, 1.54) is 44.9 Å². The molecule has 2 nitrogen and oxygen atoms in total. The van der Waals surface area contributed by atoms with Crippen LogP contribution in [-0.4, -0.2) is 18.3 Å². The number of hydrogen-bond donors (Lipinski definition) is 1. The van der Waals surface area contributed by atoms with Gasteiger partial charge in [0.25, 0.3) is 5.17 Å². The van der Waals surface area contributed by atoms with Crippen molar-refractivity contribution in [2.45, 2.75) is 65.2 Å². The highest BCUT2D eigenvalue weighted by Crippen LogP contribution is 1.99. The second-order valence-corrected chi connectivity index (χ2v) is 4.55. The first-order valence-corrected chi connectivity index (χ1v) is 7.12. The van der Waals surface area contributed by atoms with E-state index in [0.717, 1.165) is 19.6 Å². The standard InChI is InChI=1S/C13H27NOS/c1-3-5-7-9-11-14-13(16)15-12-10-8-6-4-2/h3-12H2,1-2H3,(H,14,16). The fourth-order valence-corrected chi connectivity index (χ4v) is 1.67. The molecule has 0 amide bonds. The Morgan fingerprint density at radius 2 is 1.56 bits per heavy atom. The van der Waals surface area contributed by atoms with Crippen molar-refractivity contribution in [3.63, 3.8) is 0 Å². The summed E-state index contributed by atoms with van der Waals surface area (Å²) < 4.78 is 5.42. The quantitative estimate of drug-likeness (QED) is 0.463. The van der Waals surface area contributed by atoms with Crippen LogP contribution < -0.4 is 5.32 Å². The van der Waals surface area contributed by atoms with Crippen molar-refractivity contribution in [2.75, 3.05) is 13.2 Å². The van der Waals surface area contributed by atoms with Crippen molar-refractivity contribution in [1.82, 2.24) is 5.32 Å². The molecule has 0 aliphatic carbocycles. The molecule has 0 rings (SSSR count). The van der Waals surface area contributed by atoms with Crippen molar-refractivity contribution >= 4 is 17.4 Å². The summed E-state index contributed by atoms with van der Waals surface area (Å²) in [6, 6.07) is 0. The topological polar surface area (TPSA) is 21.3 Å². The molecule has 0 radical (unpaired) electrons. The Morgan fingerprint density at radius 3 is 2.19 bits per heavy atom. The zero-order chi connectivity index (χ0) is 12.1. The molecule has 0 saturated heterocycles. The highest BCUT2D eigenvalue weighted by Gasteiger charge is 1.96. The Hall–Kier alpha value is -0.310. The summed E-state index contributed by atoms with van der Waals surface area (Å²) in [4.78, 5) is 0. The largest absolute Gasteiger partial charge is 0.471 e. The van der Waals surface area contributed by atoms with Crippen LogP contribution in [0.1, 0.15) is 65.2 Å². The van der Waals surface area contributed by atoms with Crippen LogP contribution in [0.4, 0.5) is 0 Å². The van der Waals surface area contributed by atoms with E-state index in [4.69, 9.17) is 17.0 Å². The lowest BCUT2D eigenvalue weighted by molar-refractivity contribution is 0.287. The zero-order valence-corrected chi connectivity index (χ0v) is 11.7. The fraction of sp³-hybridized carbons (Fsp3) is 0.923. The van der Waals surface area contributed by atoms with Crippen LogP contribution in [0.15, 0.2) is 0 Å². The highest BCUT2D eigenvalue weighted by molar-refractivity contribution is 7.80. The third-order valence-corrected chi connectivity index (χ3v) is 2.79. The van der Waals surface area contributed by atoms with Crippen LogP contribution in [0.5, 0.6) is 0 Å². The first-order chi connectivity index (χ1) is 7.81. The van der Waals surface area contributed by atoms with Gasteiger partial charge in [-0.25, -0.2) is 0 Å². The van der Waals surface area contributed by atoms with E-state index < -0.39 is 0 Å². The van der Waals surface area contributed by atoms with Crippen LogP contribution in [-0.2, 0) is 4.74 Å². The number of unbranched alkanes of at least 4 members (excludes halogenated alkanes) is 6. The number of rotatable bonds is 10. The third kappa shape index (κ3) is 11.8. The summed E-state index contributed by atoms with van der Waals surface area (Å²) in [5.41, 5.74) is 0. The van der Waals surface area contributed by atoms with E-state index in [9.17, 15) is 0 Å². The summed E-state index contributed by atoms with van der Waals surface area (Å²) in [6.07, 6.45) is 9.97. The molecule has 0 heterocycles. The number of hydrogen-bond acceptors (Lipinski definition) is 2. The van der Waals surface area contributed by atoms with E-state index in [1.54, 1.807) is 0 Å². The lowest BCUT2D eigenvalue weighted by Crippen LogP contribution is -2.25. The second-order valence-electron chi connectivity index (χ2n) is 4.18. The van der Waals surface area contributed by atoms with Crippen LogP contribution in [0.3, 0.4) is 0 Å². The molecule has 96 valence electrons. The van der Waals surface area contributed by atoms with Crippen molar-refractivity contribution in [2.24, 2.45) is 0 Å². The van der Waals surface area contributed by atoms with Crippen LogP contribution in [0, 0.1) is 0 Å². The van der Waals surface area contributed by atoms with Gasteiger partial charge in [0.15, 0.2) is 0 Å². The summed E-state index contributed by atoms with van der Waals surface area (Å²) in [5.74, 6) is 0. The van der Waals surface area contributed by atoms with Crippen LogP contribution >= 0.6 is 12.2 Å². The second kappa shape index (κ2) is 12.8.